The molecule has 1 saturated heterocycles. The number of ether oxygens (including phenoxy) is 1. The zero-order valence-electron chi connectivity index (χ0n) is 12.6. The van der Waals surface area contributed by atoms with Gasteiger partial charge in [0.25, 0.3) is 0 Å². The molecule has 0 unspecified atom stereocenters. The van der Waals surface area contributed by atoms with Crippen LogP contribution in [0.2, 0.25) is 0 Å². The average molecular weight is 313 g/mol. The van der Waals surface area contributed by atoms with Crippen molar-refractivity contribution < 1.29 is 9.53 Å². The second-order valence-electron chi connectivity index (χ2n) is 5.26. The molecule has 1 amide bonds. The number of hydrogen-bond donors (Lipinski definition) is 1. The predicted octanol–water partition coefficient (Wildman–Crippen LogP) is 2.08. The van der Waals surface area contributed by atoms with E-state index in [1.807, 2.05) is 23.1 Å². The molecule has 4 nitrogen and oxygen atoms in total. The van der Waals surface area contributed by atoms with Crippen LogP contribution in [0.25, 0.3) is 0 Å². The van der Waals surface area contributed by atoms with Crippen LogP contribution in [0.3, 0.4) is 0 Å². The van der Waals surface area contributed by atoms with E-state index in [0.717, 1.165) is 25.9 Å². The van der Waals surface area contributed by atoms with Crippen molar-refractivity contribution >= 4 is 18.3 Å². The number of nitrogens with zero attached hydrogens (tertiary/aromatic N) is 1. The molecule has 0 aromatic heterocycles. The zero-order chi connectivity index (χ0) is 14.2. The van der Waals surface area contributed by atoms with Crippen LogP contribution < -0.4 is 5.32 Å². The number of methoxy groups -OCH3 is 1. The van der Waals surface area contributed by atoms with E-state index in [0.29, 0.717) is 19.7 Å². The maximum absolute atomic E-state index is 12.7. The Morgan fingerprint density at radius 3 is 2.57 bits per heavy atom. The summed E-state index contributed by atoms with van der Waals surface area (Å²) in [5.74, 6) is 0.434. The number of amides is 1. The molecule has 0 saturated carbocycles. The van der Waals surface area contributed by atoms with E-state index in [-0.39, 0.29) is 24.2 Å². The number of halogens is 1. The molecule has 0 atom stereocenters. The number of nitrogens with one attached hydrogen (secondary N) is 1. The van der Waals surface area contributed by atoms with Crippen LogP contribution in [-0.4, -0.2) is 44.2 Å². The second-order valence-corrected chi connectivity index (χ2v) is 5.26. The number of piperidine rings is 1. The smallest absolute Gasteiger partial charge is 0.226 e. The summed E-state index contributed by atoms with van der Waals surface area (Å²) < 4.78 is 5.14. The number of carbonyl (C=O) groups is 1. The standard InChI is InChI=1S/C16H24N2O2.ClH/c1-20-12-11-18(13-14-5-3-2-4-6-14)16(19)15-7-9-17-10-8-15;/h2-6,15,17H,7-13H2,1H3;1H. The molecule has 1 aliphatic heterocycles. The second kappa shape index (κ2) is 9.77. The van der Waals surface area contributed by atoms with Gasteiger partial charge in [0, 0.05) is 26.1 Å². The van der Waals surface area contributed by atoms with Crippen LogP contribution in [0.15, 0.2) is 30.3 Å². The monoisotopic (exact) mass is 312 g/mol. The lowest BCUT2D eigenvalue weighted by molar-refractivity contribution is -0.137. The van der Waals surface area contributed by atoms with E-state index in [2.05, 4.69) is 17.4 Å². The highest BCUT2D eigenvalue weighted by atomic mass is 35.5. The third-order valence-corrected chi connectivity index (χ3v) is 3.78. The molecule has 5 heteroatoms. The van der Waals surface area contributed by atoms with Gasteiger partial charge in [0.1, 0.15) is 0 Å². The third-order valence-electron chi connectivity index (χ3n) is 3.78. The molecule has 2 rings (SSSR count). The minimum atomic E-state index is 0. The van der Waals surface area contributed by atoms with E-state index >= 15 is 0 Å². The quantitative estimate of drug-likeness (QED) is 0.874. The average Bonchev–Trinajstić information content (AvgIpc) is 2.52. The van der Waals surface area contributed by atoms with Gasteiger partial charge in [-0.3, -0.25) is 4.79 Å². The van der Waals surface area contributed by atoms with Crippen LogP contribution in [0.5, 0.6) is 0 Å². The minimum absolute atomic E-state index is 0. The van der Waals surface area contributed by atoms with Crippen molar-refractivity contribution in [3.8, 4) is 0 Å². The van der Waals surface area contributed by atoms with Gasteiger partial charge in [0.15, 0.2) is 0 Å². The summed E-state index contributed by atoms with van der Waals surface area (Å²) in [5.41, 5.74) is 1.17. The van der Waals surface area contributed by atoms with Crippen molar-refractivity contribution in [3.63, 3.8) is 0 Å². The van der Waals surface area contributed by atoms with Gasteiger partial charge in [-0.05, 0) is 31.5 Å². The van der Waals surface area contributed by atoms with Crippen LogP contribution in [0.4, 0.5) is 0 Å². The number of carbonyl (C=O) groups excluding carboxylic acids is 1. The summed E-state index contributed by atoms with van der Waals surface area (Å²) in [4.78, 5) is 14.6. The fourth-order valence-electron chi connectivity index (χ4n) is 2.60. The Bertz CT molecular complexity index is 408. The summed E-state index contributed by atoms with van der Waals surface area (Å²) in [6.45, 7) is 3.81. The highest BCUT2D eigenvalue weighted by Gasteiger charge is 2.25. The number of hydrogen-bond acceptors (Lipinski definition) is 3. The molecular formula is C16H25ClN2O2. The molecule has 0 bridgehead atoms. The lowest BCUT2D eigenvalue weighted by atomic mass is 9.96. The SMILES string of the molecule is COCCN(Cc1ccccc1)C(=O)C1CCNCC1.Cl. The maximum atomic E-state index is 12.7. The van der Waals surface area contributed by atoms with E-state index in [4.69, 9.17) is 4.74 Å². The molecule has 1 N–H and O–H groups in total. The topological polar surface area (TPSA) is 41.6 Å². The highest BCUT2D eigenvalue weighted by molar-refractivity contribution is 5.85. The van der Waals surface area contributed by atoms with Gasteiger partial charge in [-0.15, -0.1) is 12.4 Å². The van der Waals surface area contributed by atoms with Crippen molar-refractivity contribution in [1.29, 1.82) is 0 Å². The van der Waals surface area contributed by atoms with Crippen molar-refractivity contribution in [1.82, 2.24) is 10.2 Å². The Kier molecular flexibility index (Phi) is 8.35. The van der Waals surface area contributed by atoms with Crippen LogP contribution in [-0.2, 0) is 16.1 Å². The van der Waals surface area contributed by atoms with Gasteiger partial charge in [-0.25, -0.2) is 0 Å². The van der Waals surface area contributed by atoms with Crippen molar-refractivity contribution in [2.75, 3.05) is 33.4 Å². The Labute approximate surface area is 133 Å². The van der Waals surface area contributed by atoms with Gasteiger partial charge in [0.05, 0.1) is 6.61 Å². The first-order valence-electron chi connectivity index (χ1n) is 7.33. The van der Waals surface area contributed by atoms with E-state index in [1.165, 1.54) is 5.56 Å². The van der Waals surface area contributed by atoms with Gasteiger partial charge in [0.2, 0.25) is 5.91 Å². The molecule has 0 aliphatic carbocycles. The number of benzene rings is 1. The maximum Gasteiger partial charge on any atom is 0.226 e. The lowest BCUT2D eigenvalue weighted by Crippen LogP contribution is -2.42. The van der Waals surface area contributed by atoms with Crippen molar-refractivity contribution in [2.45, 2.75) is 19.4 Å². The van der Waals surface area contributed by atoms with E-state index in [1.54, 1.807) is 7.11 Å². The molecule has 1 heterocycles. The Balaban J connectivity index is 0.00000220. The molecule has 118 valence electrons. The van der Waals surface area contributed by atoms with Crippen LogP contribution >= 0.6 is 12.4 Å². The molecule has 1 aromatic rings. The summed E-state index contributed by atoms with van der Waals surface area (Å²) in [6, 6.07) is 10.2. The normalized spacial score (nSPS) is 15.3. The number of rotatable bonds is 6. The fraction of sp³-hybridized carbons (Fsp3) is 0.562. The molecule has 21 heavy (non-hydrogen) atoms. The third kappa shape index (κ3) is 5.65. The largest absolute Gasteiger partial charge is 0.383 e. The zero-order valence-corrected chi connectivity index (χ0v) is 13.4. The van der Waals surface area contributed by atoms with E-state index in [9.17, 15) is 4.79 Å². The molecule has 1 aromatic carbocycles. The summed E-state index contributed by atoms with van der Waals surface area (Å²) in [5, 5.41) is 3.31. The van der Waals surface area contributed by atoms with Crippen LogP contribution in [0.1, 0.15) is 18.4 Å². The van der Waals surface area contributed by atoms with Crippen molar-refractivity contribution in [2.24, 2.45) is 5.92 Å². The van der Waals surface area contributed by atoms with Gasteiger partial charge >= 0.3 is 0 Å². The van der Waals surface area contributed by atoms with Gasteiger partial charge in [-0.2, -0.15) is 0 Å². The highest BCUT2D eigenvalue weighted by Crippen LogP contribution is 2.17. The van der Waals surface area contributed by atoms with E-state index < -0.39 is 0 Å². The van der Waals surface area contributed by atoms with Gasteiger partial charge < -0.3 is 15.0 Å². The Morgan fingerprint density at radius 2 is 1.95 bits per heavy atom. The summed E-state index contributed by atoms with van der Waals surface area (Å²) in [6.07, 6.45) is 1.88. The Morgan fingerprint density at radius 1 is 1.29 bits per heavy atom. The summed E-state index contributed by atoms with van der Waals surface area (Å²) >= 11 is 0. The minimum Gasteiger partial charge on any atom is -0.383 e. The fourth-order valence-corrected chi connectivity index (χ4v) is 2.60. The van der Waals surface area contributed by atoms with Gasteiger partial charge in [-0.1, -0.05) is 30.3 Å². The molecular weight excluding hydrogens is 288 g/mol. The molecule has 1 aliphatic rings. The molecule has 0 spiro atoms. The molecule has 1 fully saturated rings. The lowest BCUT2D eigenvalue weighted by Gasteiger charge is -2.29. The Hall–Kier alpha value is -1.10. The van der Waals surface area contributed by atoms with Crippen LogP contribution in [0, 0.1) is 5.92 Å². The van der Waals surface area contributed by atoms with Crippen molar-refractivity contribution in [3.05, 3.63) is 35.9 Å². The first-order chi connectivity index (χ1) is 9.81. The first kappa shape index (κ1) is 18.0. The first-order valence-corrected chi connectivity index (χ1v) is 7.33. The molecule has 0 radical (unpaired) electrons. The summed E-state index contributed by atoms with van der Waals surface area (Å²) in [7, 11) is 1.68. The predicted molar refractivity (Wildman–Crippen MR) is 86.6 cm³/mol.